The van der Waals surface area contributed by atoms with Crippen molar-refractivity contribution < 1.29 is 14.3 Å². The van der Waals surface area contributed by atoms with Crippen molar-refractivity contribution in [3.8, 4) is 5.75 Å². The first-order chi connectivity index (χ1) is 9.47. The first kappa shape index (κ1) is 14.8. The molecule has 0 saturated carbocycles. The van der Waals surface area contributed by atoms with Gasteiger partial charge in [-0.1, -0.05) is 12.1 Å². The zero-order valence-corrected chi connectivity index (χ0v) is 12.9. The van der Waals surface area contributed by atoms with Crippen molar-refractivity contribution in [3.05, 3.63) is 63.0 Å². The summed E-state index contributed by atoms with van der Waals surface area (Å²) < 4.78 is 13.8. The summed E-state index contributed by atoms with van der Waals surface area (Å²) in [5.74, 6) is -0.583. The first-order valence-corrected chi connectivity index (χ1v) is 7.10. The van der Waals surface area contributed by atoms with E-state index in [1.807, 2.05) is 22.6 Å². The number of nitrogens with one attached hydrogen (secondary N) is 1. The van der Waals surface area contributed by atoms with Gasteiger partial charge < -0.3 is 10.4 Å². The van der Waals surface area contributed by atoms with E-state index < -0.39 is 0 Å². The molecule has 0 saturated heterocycles. The average molecular weight is 385 g/mol. The molecule has 3 nitrogen and oxygen atoms in total. The molecule has 0 heterocycles. The van der Waals surface area contributed by atoms with E-state index >= 15 is 0 Å². The van der Waals surface area contributed by atoms with E-state index in [1.54, 1.807) is 31.2 Å². The van der Waals surface area contributed by atoms with Crippen molar-refractivity contribution in [1.29, 1.82) is 0 Å². The van der Waals surface area contributed by atoms with Crippen molar-refractivity contribution in [2.75, 3.05) is 0 Å². The highest BCUT2D eigenvalue weighted by Crippen LogP contribution is 2.21. The van der Waals surface area contributed by atoms with Gasteiger partial charge in [0.05, 0.1) is 9.61 Å². The van der Waals surface area contributed by atoms with Crippen molar-refractivity contribution >= 4 is 28.5 Å². The predicted octanol–water partition coefficient (Wildman–Crippen LogP) is 3.63. The standard InChI is InChI=1S/C15H13FINO2/c1-9(10-3-2-4-12(16)7-10)18-15(20)11-5-6-13(17)14(19)8-11/h2-9,19H,1H3,(H,18,20). The molecule has 2 aromatic carbocycles. The van der Waals surface area contributed by atoms with Gasteiger partial charge in [0.1, 0.15) is 11.6 Å². The number of rotatable bonds is 3. The molecule has 1 atom stereocenters. The minimum absolute atomic E-state index is 0.0664. The summed E-state index contributed by atoms with van der Waals surface area (Å²) in [5.41, 5.74) is 1.05. The fourth-order valence-corrected chi connectivity index (χ4v) is 2.13. The highest BCUT2D eigenvalue weighted by atomic mass is 127. The number of halogens is 2. The maximum Gasteiger partial charge on any atom is 0.251 e. The van der Waals surface area contributed by atoms with E-state index in [-0.39, 0.29) is 23.5 Å². The van der Waals surface area contributed by atoms with Gasteiger partial charge >= 0.3 is 0 Å². The van der Waals surface area contributed by atoms with Crippen molar-refractivity contribution in [2.24, 2.45) is 0 Å². The molecule has 2 rings (SSSR count). The summed E-state index contributed by atoms with van der Waals surface area (Å²) >= 11 is 1.98. The molecule has 0 aromatic heterocycles. The Kier molecular flexibility index (Phi) is 4.59. The lowest BCUT2D eigenvalue weighted by atomic mass is 10.1. The zero-order chi connectivity index (χ0) is 14.7. The van der Waals surface area contributed by atoms with Crippen molar-refractivity contribution in [2.45, 2.75) is 13.0 Å². The molecule has 0 radical (unpaired) electrons. The fourth-order valence-electron chi connectivity index (χ4n) is 1.79. The summed E-state index contributed by atoms with van der Waals surface area (Å²) in [7, 11) is 0. The third-order valence-corrected chi connectivity index (χ3v) is 3.82. The Balaban J connectivity index is 2.13. The highest BCUT2D eigenvalue weighted by molar-refractivity contribution is 14.1. The number of carbonyl (C=O) groups is 1. The summed E-state index contributed by atoms with van der Waals surface area (Å²) in [4.78, 5) is 12.1. The van der Waals surface area contributed by atoms with Crippen LogP contribution in [-0.4, -0.2) is 11.0 Å². The van der Waals surface area contributed by atoms with Gasteiger partial charge in [0.2, 0.25) is 0 Å². The van der Waals surface area contributed by atoms with Gasteiger partial charge in [-0.05, 0) is 65.4 Å². The molecule has 0 aliphatic rings. The smallest absolute Gasteiger partial charge is 0.251 e. The van der Waals surface area contributed by atoms with Crippen LogP contribution < -0.4 is 5.32 Å². The molecule has 0 aliphatic heterocycles. The second-order valence-electron chi connectivity index (χ2n) is 4.42. The number of amides is 1. The van der Waals surface area contributed by atoms with Gasteiger partial charge in [-0.25, -0.2) is 4.39 Å². The zero-order valence-electron chi connectivity index (χ0n) is 10.7. The van der Waals surface area contributed by atoms with Gasteiger partial charge in [0, 0.05) is 5.56 Å². The molecular weight excluding hydrogens is 372 g/mol. The molecule has 2 N–H and O–H groups in total. The van der Waals surface area contributed by atoms with Crippen molar-refractivity contribution in [1.82, 2.24) is 5.32 Å². The third kappa shape index (κ3) is 3.47. The van der Waals surface area contributed by atoms with Crippen LogP contribution in [-0.2, 0) is 0 Å². The number of carbonyl (C=O) groups excluding carboxylic acids is 1. The van der Waals surface area contributed by atoms with Crippen LogP contribution in [0, 0.1) is 9.39 Å². The van der Waals surface area contributed by atoms with E-state index in [0.717, 1.165) is 0 Å². The van der Waals surface area contributed by atoms with Crippen LogP contribution in [0.25, 0.3) is 0 Å². The molecule has 2 aromatic rings. The Hall–Kier alpha value is -1.63. The molecule has 0 bridgehead atoms. The Morgan fingerprint density at radius 2 is 2.05 bits per heavy atom. The summed E-state index contributed by atoms with van der Waals surface area (Å²) in [6.07, 6.45) is 0. The second kappa shape index (κ2) is 6.21. The minimum atomic E-state index is -0.337. The summed E-state index contributed by atoms with van der Waals surface area (Å²) in [5, 5.41) is 12.4. The topological polar surface area (TPSA) is 49.3 Å². The molecule has 5 heteroatoms. The Labute approximate surface area is 130 Å². The molecule has 20 heavy (non-hydrogen) atoms. The highest BCUT2D eigenvalue weighted by Gasteiger charge is 2.13. The first-order valence-electron chi connectivity index (χ1n) is 6.02. The monoisotopic (exact) mass is 385 g/mol. The number of hydrogen-bond donors (Lipinski definition) is 2. The van der Waals surface area contributed by atoms with Gasteiger partial charge in [-0.2, -0.15) is 0 Å². The number of hydrogen-bond acceptors (Lipinski definition) is 2. The van der Waals surface area contributed by atoms with E-state index in [2.05, 4.69) is 5.32 Å². The van der Waals surface area contributed by atoms with Crippen LogP contribution in [0.4, 0.5) is 4.39 Å². The van der Waals surface area contributed by atoms with E-state index in [9.17, 15) is 14.3 Å². The van der Waals surface area contributed by atoms with Crippen molar-refractivity contribution in [3.63, 3.8) is 0 Å². The predicted molar refractivity (Wildman–Crippen MR) is 83.1 cm³/mol. The van der Waals surface area contributed by atoms with Crippen LogP contribution in [0.2, 0.25) is 0 Å². The quantitative estimate of drug-likeness (QED) is 0.793. The van der Waals surface area contributed by atoms with Crippen LogP contribution in [0.3, 0.4) is 0 Å². The fraction of sp³-hybridized carbons (Fsp3) is 0.133. The number of phenols is 1. The van der Waals surface area contributed by atoms with Crippen LogP contribution in [0.15, 0.2) is 42.5 Å². The molecule has 1 unspecified atom stereocenters. The minimum Gasteiger partial charge on any atom is -0.507 e. The molecule has 104 valence electrons. The van der Waals surface area contributed by atoms with E-state index in [1.165, 1.54) is 18.2 Å². The molecule has 0 fully saturated rings. The maximum atomic E-state index is 13.1. The molecule has 1 amide bonds. The van der Waals surface area contributed by atoms with E-state index in [0.29, 0.717) is 14.7 Å². The number of aromatic hydroxyl groups is 1. The average Bonchev–Trinajstić information content (AvgIpc) is 2.41. The molecule has 0 spiro atoms. The van der Waals surface area contributed by atoms with Gasteiger partial charge in [-0.3, -0.25) is 4.79 Å². The largest absolute Gasteiger partial charge is 0.507 e. The lowest BCUT2D eigenvalue weighted by molar-refractivity contribution is 0.0939. The maximum absolute atomic E-state index is 13.1. The summed E-state index contributed by atoms with van der Waals surface area (Å²) in [6, 6.07) is 10.5. The number of phenolic OH excluding ortho intramolecular Hbond substituents is 1. The van der Waals surface area contributed by atoms with Gasteiger partial charge in [0.15, 0.2) is 0 Å². The van der Waals surface area contributed by atoms with Gasteiger partial charge in [0.25, 0.3) is 5.91 Å². The lowest BCUT2D eigenvalue weighted by Gasteiger charge is -2.14. The Morgan fingerprint density at radius 1 is 1.30 bits per heavy atom. The second-order valence-corrected chi connectivity index (χ2v) is 5.58. The third-order valence-electron chi connectivity index (χ3n) is 2.90. The Morgan fingerprint density at radius 3 is 2.70 bits per heavy atom. The van der Waals surface area contributed by atoms with Crippen LogP contribution in [0.5, 0.6) is 5.75 Å². The van der Waals surface area contributed by atoms with E-state index in [4.69, 9.17) is 0 Å². The van der Waals surface area contributed by atoms with Crippen LogP contribution in [0.1, 0.15) is 28.9 Å². The SMILES string of the molecule is CC(NC(=O)c1ccc(I)c(O)c1)c1cccc(F)c1. The molecule has 0 aliphatic carbocycles. The Bertz CT molecular complexity index is 646. The number of benzene rings is 2. The summed E-state index contributed by atoms with van der Waals surface area (Å²) in [6.45, 7) is 1.78. The lowest BCUT2D eigenvalue weighted by Crippen LogP contribution is -2.26. The normalized spacial score (nSPS) is 11.9. The van der Waals surface area contributed by atoms with Crippen LogP contribution >= 0.6 is 22.6 Å². The molecular formula is C15H13FINO2. The van der Waals surface area contributed by atoms with Gasteiger partial charge in [-0.15, -0.1) is 0 Å².